The van der Waals surface area contributed by atoms with Gasteiger partial charge < -0.3 is 4.74 Å². The number of benzene rings is 4. The van der Waals surface area contributed by atoms with Crippen molar-refractivity contribution in [3.8, 4) is 11.8 Å². The molecule has 0 radical (unpaired) electrons. The van der Waals surface area contributed by atoms with Gasteiger partial charge >= 0.3 is 0 Å². The predicted molar refractivity (Wildman–Crippen MR) is 131 cm³/mol. The van der Waals surface area contributed by atoms with Crippen molar-refractivity contribution in [3.05, 3.63) is 116 Å². The highest BCUT2D eigenvalue weighted by Crippen LogP contribution is 2.36. The molecule has 7 heteroatoms. The molecule has 0 aromatic heterocycles. The van der Waals surface area contributed by atoms with Crippen molar-refractivity contribution in [2.24, 2.45) is 0 Å². The van der Waals surface area contributed by atoms with Crippen LogP contribution in [0.2, 0.25) is 10.0 Å². The lowest BCUT2D eigenvalue weighted by Crippen LogP contribution is -1.99. The summed E-state index contributed by atoms with van der Waals surface area (Å²) in [4.78, 5) is 10.4. The van der Waals surface area contributed by atoms with Crippen LogP contribution >= 0.6 is 23.2 Å². The summed E-state index contributed by atoms with van der Waals surface area (Å²) in [5, 5.41) is 23.5. The van der Waals surface area contributed by atoms with Gasteiger partial charge in [-0.25, -0.2) is 0 Å². The Balaban J connectivity index is 1.70. The van der Waals surface area contributed by atoms with E-state index in [0.29, 0.717) is 32.5 Å². The Hall–Kier alpha value is -3.85. The molecule has 0 heterocycles. The van der Waals surface area contributed by atoms with Crippen LogP contribution < -0.4 is 4.74 Å². The van der Waals surface area contributed by atoms with Crippen molar-refractivity contribution in [2.75, 3.05) is 0 Å². The molecule has 162 valence electrons. The number of non-ortho nitro benzene ring substituents is 1. The minimum Gasteiger partial charge on any atom is -0.487 e. The standard InChI is InChI=1S/C26H16Cl2N2O3/c27-22-13-20(12-21(15-29)17-8-10-23(11-9-17)30(31)32)26(25(28)14-22)33-16-19-6-3-5-18-4-1-2-7-24(18)19/h1-14H,16H2/b21-12+. The molecular weight excluding hydrogens is 459 g/mol. The van der Waals surface area contributed by atoms with Gasteiger partial charge in [0.25, 0.3) is 5.69 Å². The number of nitro benzene ring substituents is 1. The molecule has 0 atom stereocenters. The average molecular weight is 475 g/mol. The molecule has 33 heavy (non-hydrogen) atoms. The molecule has 0 amide bonds. The maximum atomic E-state index is 10.9. The third kappa shape index (κ3) is 4.98. The van der Waals surface area contributed by atoms with Crippen LogP contribution in [-0.4, -0.2) is 4.92 Å². The summed E-state index contributed by atoms with van der Waals surface area (Å²) >= 11 is 12.7. The summed E-state index contributed by atoms with van der Waals surface area (Å²) in [6.45, 7) is 0.267. The molecule has 0 spiro atoms. The second kappa shape index (κ2) is 9.74. The first kappa shape index (κ1) is 22.3. The number of hydrogen-bond acceptors (Lipinski definition) is 4. The zero-order chi connectivity index (χ0) is 23.4. The third-order valence-corrected chi connectivity index (χ3v) is 5.60. The van der Waals surface area contributed by atoms with E-state index in [0.717, 1.165) is 16.3 Å². The van der Waals surface area contributed by atoms with Gasteiger partial charge in [0.15, 0.2) is 0 Å². The Morgan fingerprint density at radius 2 is 1.76 bits per heavy atom. The van der Waals surface area contributed by atoms with E-state index in [9.17, 15) is 15.4 Å². The van der Waals surface area contributed by atoms with Gasteiger partial charge in [0.2, 0.25) is 0 Å². The second-order valence-corrected chi connectivity index (χ2v) is 8.05. The zero-order valence-electron chi connectivity index (χ0n) is 17.2. The molecule has 0 aliphatic rings. The fourth-order valence-electron chi connectivity index (χ4n) is 3.51. The van der Waals surface area contributed by atoms with E-state index < -0.39 is 4.92 Å². The minimum atomic E-state index is -0.491. The average Bonchev–Trinajstić information content (AvgIpc) is 2.82. The molecule has 0 aliphatic carbocycles. The predicted octanol–water partition coefficient (Wildman–Crippen LogP) is 7.70. The van der Waals surface area contributed by atoms with Crippen molar-refractivity contribution in [2.45, 2.75) is 6.61 Å². The zero-order valence-corrected chi connectivity index (χ0v) is 18.7. The molecule has 0 aliphatic heterocycles. The van der Waals surface area contributed by atoms with E-state index in [2.05, 4.69) is 6.07 Å². The Morgan fingerprint density at radius 1 is 1.03 bits per heavy atom. The molecule has 5 nitrogen and oxygen atoms in total. The first-order valence-corrected chi connectivity index (χ1v) is 10.7. The lowest BCUT2D eigenvalue weighted by Gasteiger charge is -2.14. The van der Waals surface area contributed by atoms with E-state index in [4.69, 9.17) is 27.9 Å². The number of hydrogen-bond donors (Lipinski definition) is 0. The highest BCUT2D eigenvalue weighted by molar-refractivity contribution is 6.36. The molecule has 0 fully saturated rings. The van der Waals surface area contributed by atoms with E-state index >= 15 is 0 Å². The van der Waals surface area contributed by atoms with Crippen LogP contribution in [0, 0.1) is 21.4 Å². The van der Waals surface area contributed by atoms with E-state index in [1.54, 1.807) is 18.2 Å². The number of ether oxygens (including phenoxy) is 1. The topological polar surface area (TPSA) is 76.2 Å². The molecule has 4 aromatic carbocycles. The fourth-order valence-corrected chi connectivity index (χ4v) is 4.07. The number of rotatable bonds is 6. The highest BCUT2D eigenvalue weighted by atomic mass is 35.5. The number of allylic oxidation sites excluding steroid dienone is 1. The molecule has 4 aromatic rings. The van der Waals surface area contributed by atoms with Gasteiger partial charge in [-0.05, 0) is 52.2 Å². The molecule has 0 saturated carbocycles. The Morgan fingerprint density at radius 3 is 2.48 bits per heavy atom. The maximum Gasteiger partial charge on any atom is 0.269 e. The quantitative estimate of drug-likeness (QED) is 0.124. The molecule has 0 bridgehead atoms. The van der Waals surface area contributed by atoms with Crippen molar-refractivity contribution in [1.82, 2.24) is 0 Å². The fraction of sp³-hybridized carbons (Fsp3) is 0.0385. The third-order valence-electron chi connectivity index (χ3n) is 5.10. The first-order chi connectivity index (χ1) is 16.0. The van der Waals surface area contributed by atoms with Crippen molar-refractivity contribution in [3.63, 3.8) is 0 Å². The van der Waals surface area contributed by atoms with Crippen molar-refractivity contribution < 1.29 is 9.66 Å². The maximum absolute atomic E-state index is 10.9. The van der Waals surface area contributed by atoms with Gasteiger partial charge in [0.05, 0.1) is 21.6 Å². The highest BCUT2D eigenvalue weighted by Gasteiger charge is 2.13. The molecule has 0 unspecified atom stereocenters. The van der Waals surface area contributed by atoms with Crippen LogP contribution in [0.25, 0.3) is 22.4 Å². The van der Waals surface area contributed by atoms with Crippen LogP contribution in [0.4, 0.5) is 5.69 Å². The van der Waals surface area contributed by atoms with E-state index in [-0.39, 0.29) is 12.3 Å². The first-order valence-electron chi connectivity index (χ1n) is 9.91. The van der Waals surface area contributed by atoms with E-state index in [1.165, 1.54) is 24.3 Å². The summed E-state index contributed by atoms with van der Waals surface area (Å²) in [6.07, 6.45) is 1.61. The largest absolute Gasteiger partial charge is 0.487 e. The van der Waals surface area contributed by atoms with Gasteiger partial charge in [-0.3, -0.25) is 10.1 Å². The van der Waals surface area contributed by atoms with Crippen molar-refractivity contribution in [1.29, 1.82) is 5.26 Å². The van der Waals surface area contributed by atoms with Crippen LogP contribution in [0.15, 0.2) is 78.9 Å². The van der Waals surface area contributed by atoms with Crippen LogP contribution in [0.3, 0.4) is 0 Å². The number of nitriles is 1. The lowest BCUT2D eigenvalue weighted by molar-refractivity contribution is -0.384. The van der Waals surface area contributed by atoms with Crippen LogP contribution in [0.5, 0.6) is 5.75 Å². The van der Waals surface area contributed by atoms with Gasteiger partial charge in [0, 0.05) is 22.7 Å². The molecule has 0 N–H and O–H groups in total. The van der Waals surface area contributed by atoms with Gasteiger partial charge in [0.1, 0.15) is 12.4 Å². The van der Waals surface area contributed by atoms with E-state index in [1.807, 2.05) is 42.5 Å². The smallest absolute Gasteiger partial charge is 0.269 e. The second-order valence-electron chi connectivity index (χ2n) is 7.21. The van der Waals surface area contributed by atoms with Crippen LogP contribution in [0.1, 0.15) is 16.7 Å². The summed E-state index contributed by atoms with van der Waals surface area (Å²) in [7, 11) is 0. The monoisotopic (exact) mass is 474 g/mol. The molecule has 0 saturated heterocycles. The SMILES string of the molecule is N#C/C(=C\c1cc(Cl)cc(Cl)c1OCc1cccc2ccccc12)c1ccc([N+](=O)[O-])cc1. The normalized spacial score (nSPS) is 11.2. The number of halogens is 2. The number of nitrogens with zero attached hydrogens (tertiary/aromatic N) is 2. The number of nitro groups is 1. The molecule has 4 rings (SSSR count). The Kier molecular flexibility index (Phi) is 6.60. The minimum absolute atomic E-state index is 0.0547. The lowest BCUT2D eigenvalue weighted by atomic mass is 10.0. The van der Waals surface area contributed by atoms with Gasteiger partial charge in [-0.15, -0.1) is 0 Å². The van der Waals surface area contributed by atoms with Gasteiger partial charge in [-0.2, -0.15) is 5.26 Å². The Labute approximate surface area is 200 Å². The summed E-state index contributed by atoms with van der Waals surface area (Å²) in [5.41, 5.74) is 2.28. The number of fused-ring (bicyclic) bond motifs is 1. The molecular formula is C26H16Cl2N2O3. The van der Waals surface area contributed by atoms with Crippen LogP contribution in [-0.2, 0) is 6.61 Å². The van der Waals surface area contributed by atoms with Crippen molar-refractivity contribution >= 4 is 51.3 Å². The summed E-state index contributed by atoms with van der Waals surface area (Å²) < 4.78 is 6.12. The van der Waals surface area contributed by atoms with Gasteiger partial charge in [-0.1, -0.05) is 65.7 Å². The summed E-state index contributed by atoms with van der Waals surface area (Å²) in [5.74, 6) is 0.392. The summed E-state index contributed by atoms with van der Waals surface area (Å²) in [6, 6.07) is 25.1. The Bertz CT molecular complexity index is 1420.